The fourth-order valence-electron chi connectivity index (χ4n) is 2.32. The molecule has 0 bridgehead atoms. The number of nitro groups is 1. The smallest absolute Gasteiger partial charge is 0.294 e. The Labute approximate surface area is 130 Å². The molecule has 0 saturated heterocycles. The molecule has 0 amide bonds. The molecule has 0 atom stereocenters. The van der Waals surface area contributed by atoms with E-state index in [1.807, 2.05) is 28.7 Å². The normalized spacial score (nSPS) is 16.1. The molecule has 2 rings (SSSR count). The molecule has 1 saturated carbocycles. The zero-order chi connectivity index (χ0) is 14.8. The van der Waals surface area contributed by atoms with Gasteiger partial charge in [0.05, 0.1) is 23.2 Å². The molecule has 1 aliphatic carbocycles. The Morgan fingerprint density at radius 3 is 2.70 bits per heavy atom. The Hall–Kier alpha value is -1.40. The number of nitro benzene ring substituents is 1. The number of aliphatic hydroxyl groups is 1. The van der Waals surface area contributed by atoms with Crippen molar-refractivity contribution in [2.24, 2.45) is 5.41 Å². The van der Waals surface area contributed by atoms with Crippen LogP contribution in [0, 0.1) is 30.4 Å². The van der Waals surface area contributed by atoms with Crippen molar-refractivity contribution >= 4 is 34.0 Å². The van der Waals surface area contributed by atoms with E-state index >= 15 is 0 Å². The number of nitrogens with one attached hydrogen (secondary N) is 1. The zero-order valence-electron chi connectivity index (χ0n) is 10.7. The minimum Gasteiger partial charge on any atom is -0.396 e. The van der Waals surface area contributed by atoms with Crippen molar-refractivity contribution < 1.29 is 10.0 Å². The molecule has 0 heterocycles. The lowest BCUT2D eigenvalue weighted by molar-refractivity contribution is -0.384. The maximum atomic E-state index is 11.1. The van der Waals surface area contributed by atoms with Crippen LogP contribution in [0.2, 0.25) is 0 Å². The average molecular weight is 387 g/mol. The van der Waals surface area contributed by atoms with Crippen LogP contribution in [0.5, 0.6) is 0 Å². The second kappa shape index (κ2) is 5.93. The van der Waals surface area contributed by atoms with E-state index in [1.54, 1.807) is 6.07 Å². The lowest BCUT2D eigenvalue weighted by Crippen LogP contribution is -2.40. The van der Waals surface area contributed by atoms with Crippen LogP contribution in [0.3, 0.4) is 0 Å². The largest absolute Gasteiger partial charge is 0.396 e. The number of rotatable bonds is 5. The summed E-state index contributed by atoms with van der Waals surface area (Å²) in [4.78, 5) is 10.6. The van der Waals surface area contributed by atoms with Gasteiger partial charge in [0.1, 0.15) is 5.69 Å². The Balaban J connectivity index is 2.26. The van der Waals surface area contributed by atoms with Crippen molar-refractivity contribution in [1.82, 2.24) is 0 Å². The van der Waals surface area contributed by atoms with E-state index < -0.39 is 4.92 Å². The highest BCUT2D eigenvalue weighted by atomic mass is 127. The Bertz CT molecular complexity index is 573. The molecule has 2 N–H and O–H groups in total. The lowest BCUT2D eigenvalue weighted by Gasteiger charge is -2.40. The molecule has 0 radical (unpaired) electrons. The molecule has 0 aliphatic heterocycles. The van der Waals surface area contributed by atoms with Crippen molar-refractivity contribution in [3.05, 3.63) is 31.4 Å². The van der Waals surface area contributed by atoms with Crippen molar-refractivity contribution in [3.63, 3.8) is 0 Å². The van der Waals surface area contributed by atoms with E-state index in [0.29, 0.717) is 15.8 Å². The SMILES string of the molecule is N#Cc1cc(I)c(NCC2(CO)CCC2)c([N+](=O)[O-])c1. The van der Waals surface area contributed by atoms with Gasteiger partial charge in [0.2, 0.25) is 0 Å². The van der Waals surface area contributed by atoms with Crippen molar-refractivity contribution in [1.29, 1.82) is 5.26 Å². The van der Waals surface area contributed by atoms with Crippen LogP contribution in [0.4, 0.5) is 11.4 Å². The minimum absolute atomic E-state index is 0.0840. The van der Waals surface area contributed by atoms with Gasteiger partial charge in [-0.15, -0.1) is 0 Å². The molecule has 0 unspecified atom stereocenters. The van der Waals surface area contributed by atoms with Crippen LogP contribution in [0.15, 0.2) is 12.1 Å². The van der Waals surface area contributed by atoms with E-state index in [-0.39, 0.29) is 23.3 Å². The van der Waals surface area contributed by atoms with Gasteiger partial charge in [-0.2, -0.15) is 5.26 Å². The molecule has 1 aromatic carbocycles. The first kappa shape index (κ1) is 15.0. The van der Waals surface area contributed by atoms with Gasteiger partial charge in [0, 0.05) is 21.6 Å². The summed E-state index contributed by atoms with van der Waals surface area (Å²) < 4.78 is 0.640. The summed E-state index contributed by atoms with van der Waals surface area (Å²) in [5.41, 5.74) is 0.438. The fourth-order valence-corrected chi connectivity index (χ4v) is 3.12. The molecule has 6 nitrogen and oxygen atoms in total. The van der Waals surface area contributed by atoms with E-state index in [2.05, 4.69) is 5.32 Å². The van der Waals surface area contributed by atoms with Gasteiger partial charge >= 0.3 is 0 Å². The van der Waals surface area contributed by atoms with Gasteiger partial charge in [-0.05, 0) is 41.5 Å². The number of benzene rings is 1. The van der Waals surface area contributed by atoms with Gasteiger partial charge in [-0.25, -0.2) is 0 Å². The molecular formula is C13H14IN3O3. The van der Waals surface area contributed by atoms with Crippen LogP contribution in [0.25, 0.3) is 0 Å². The first-order chi connectivity index (χ1) is 9.51. The third-order valence-corrected chi connectivity index (χ3v) is 4.64. The lowest BCUT2D eigenvalue weighted by atomic mass is 9.69. The number of halogens is 1. The standard InChI is InChI=1S/C13H14IN3O3/c14-10-4-9(6-15)5-11(17(19)20)12(10)16-7-13(8-18)2-1-3-13/h4-5,16,18H,1-3,7-8H2. The molecule has 20 heavy (non-hydrogen) atoms. The van der Waals surface area contributed by atoms with Crippen molar-refractivity contribution in [2.45, 2.75) is 19.3 Å². The van der Waals surface area contributed by atoms with Crippen LogP contribution < -0.4 is 5.32 Å². The number of aliphatic hydroxyl groups excluding tert-OH is 1. The number of hydrogen-bond acceptors (Lipinski definition) is 5. The van der Waals surface area contributed by atoms with Gasteiger partial charge in [-0.3, -0.25) is 10.1 Å². The minimum atomic E-state index is -0.488. The molecule has 1 fully saturated rings. The first-order valence-electron chi connectivity index (χ1n) is 6.24. The highest BCUT2D eigenvalue weighted by molar-refractivity contribution is 14.1. The second-order valence-corrected chi connectivity index (χ2v) is 6.25. The van der Waals surface area contributed by atoms with Gasteiger partial charge < -0.3 is 10.4 Å². The van der Waals surface area contributed by atoms with Crippen LogP contribution in [0.1, 0.15) is 24.8 Å². The Morgan fingerprint density at radius 1 is 1.55 bits per heavy atom. The maximum absolute atomic E-state index is 11.1. The van der Waals surface area contributed by atoms with E-state index in [0.717, 1.165) is 19.3 Å². The quantitative estimate of drug-likeness (QED) is 0.460. The average Bonchev–Trinajstić information content (AvgIpc) is 2.38. The number of nitriles is 1. The summed E-state index contributed by atoms with van der Waals surface area (Å²) in [6, 6.07) is 4.81. The van der Waals surface area contributed by atoms with Crippen LogP contribution in [-0.4, -0.2) is 23.2 Å². The summed E-state index contributed by atoms with van der Waals surface area (Å²) >= 11 is 1.98. The van der Waals surface area contributed by atoms with Gasteiger partial charge in [-0.1, -0.05) is 6.42 Å². The summed E-state index contributed by atoms with van der Waals surface area (Å²) in [5, 5.41) is 32.5. The topological polar surface area (TPSA) is 99.2 Å². The highest BCUT2D eigenvalue weighted by Crippen LogP contribution is 2.41. The number of anilines is 1. The van der Waals surface area contributed by atoms with Crippen molar-refractivity contribution in [3.8, 4) is 6.07 Å². The van der Waals surface area contributed by atoms with Crippen molar-refractivity contribution in [2.75, 3.05) is 18.5 Å². The van der Waals surface area contributed by atoms with Crippen LogP contribution >= 0.6 is 22.6 Å². The summed E-state index contributed by atoms with van der Waals surface area (Å²) in [6.07, 6.45) is 2.93. The van der Waals surface area contributed by atoms with Crippen LogP contribution in [-0.2, 0) is 0 Å². The summed E-state index contributed by atoms with van der Waals surface area (Å²) in [5.74, 6) is 0. The molecule has 7 heteroatoms. The second-order valence-electron chi connectivity index (χ2n) is 5.09. The van der Waals surface area contributed by atoms with E-state index in [1.165, 1.54) is 6.07 Å². The van der Waals surface area contributed by atoms with E-state index in [9.17, 15) is 15.2 Å². The molecule has 1 aliphatic rings. The Kier molecular flexibility index (Phi) is 4.45. The molecule has 0 spiro atoms. The van der Waals surface area contributed by atoms with Gasteiger partial charge in [0.15, 0.2) is 0 Å². The first-order valence-corrected chi connectivity index (χ1v) is 7.32. The number of nitrogens with zero attached hydrogens (tertiary/aromatic N) is 2. The summed E-state index contributed by atoms with van der Waals surface area (Å²) in [6.45, 7) is 0.590. The maximum Gasteiger partial charge on any atom is 0.294 e. The zero-order valence-corrected chi connectivity index (χ0v) is 12.9. The Morgan fingerprint density at radius 2 is 2.25 bits per heavy atom. The predicted octanol–water partition coefficient (Wildman–Crippen LogP) is 2.65. The molecular weight excluding hydrogens is 373 g/mol. The van der Waals surface area contributed by atoms with E-state index in [4.69, 9.17) is 5.26 Å². The molecule has 0 aromatic heterocycles. The molecule has 1 aromatic rings. The third kappa shape index (κ3) is 2.86. The number of hydrogen-bond donors (Lipinski definition) is 2. The van der Waals surface area contributed by atoms with Gasteiger partial charge in [0.25, 0.3) is 5.69 Å². The monoisotopic (exact) mass is 387 g/mol. The third-order valence-electron chi connectivity index (χ3n) is 3.79. The fraction of sp³-hybridized carbons (Fsp3) is 0.462. The molecule has 106 valence electrons. The summed E-state index contributed by atoms with van der Waals surface area (Å²) in [7, 11) is 0. The predicted molar refractivity (Wildman–Crippen MR) is 82.4 cm³/mol. The highest BCUT2D eigenvalue weighted by Gasteiger charge is 2.36.